The van der Waals surface area contributed by atoms with Crippen molar-refractivity contribution in [2.45, 2.75) is 65.5 Å². The number of ether oxygens (including phenoxy) is 1. The first-order chi connectivity index (χ1) is 15.8. The Morgan fingerprint density at radius 3 is 2.64 bits per heavy atom. The normalized spacial score (nSPS) is 16.2. The smallest absolute Gasteiger partial charge is 0.233 e. The first-order valence-corrected chi connectivity index (χ1v) is 11.7. The second kappa shape index (κ2) is 11.3. The highest BCUT2D eigenvalue weighted by atomic mass is 16.5. The van der Waals surface area contributed by atoms with E-state index in [1.165, 1.54) is 12.8 Å². The molecule has 0 spiro atoms. The molecule has 2 aromatic rings. The molecule has 1 saturated carbocycles. The van der Waals surface area contributed by atoms with E-state index in [0.29, 0.717) is 36.2 Å². The fraction of sp³-hybridized carbons (Fsp3) is 0.560. The largest absolute Gasteiger partial charge is 0.487 e. The molecule has 0 bridgehead atoms. The number of H-pyrrole nitrogens is 1. The molecule has 0 radical (unpaired) electrons. The van der Waals surface area contributed by atoms with Gasteiger partial charge in [-0.2, -0.15) is 0 Å². The molecule has 3 rings (SSSR count). The molecule has 2 atom stereocenters. The highest BCUT2D eigenvalue weighted by molar-refractivity contribution is 5.79. The van der Waals surface area contributed by atoms with Gasteiger partial charge in [-0.3, -0.25) is 14.8 Å². The Morgan fingerprint density at radius 2 is 2.00 bits per heavy atom. The van der Waals surface area contributed by atoms with Crippen molar-refractivity contribution in [2.24, 2.45) is 17.3 Å². The lowest BCUT2D eigenvalue weighted by molar-refractivity contribution is -0.155. The van der Waals surface area contributed by atoms with Crippen molar-refractivity contribution in [1.29, 1.82) is 0 Å². The van der Waals surface area contributed by atoms with Crippen LogP contribution in [0.1, 0.15) is 70.4 Å². The monoisotopic (exact) mass is 456 g/mol. The summed E-state index contributed by atoms with van der Waals surface area (Å²) in [5.41, 5.74) is 0.495. The molecule has 1 aliphatic rings. The summed E-state index contributed by atoms with van der Waals surface area (Å²) in [4.78, 5) is 32.1. The minimum atomic E-state index is -0.482. The predicted molar refractivity (Wildman–Crippen MR) is 124 cm³/mol. The van der Waals surface area contributed by atoms with Crippen molar-refractivity contribution >= 4 is 12.3 Å². The zero-order valence-electron chi connectivity index (χ0n) is 19.8. The minimum Gasteiger partial charge on any atom is -0.487 e. The maximum Gasteiger partial charge on any atom is 0.233 e. The number of rotatable bonds is 11. The molecule has 8 heteroatoms. The second-order valence-corrected chi connectivity index (χ2v) is 10.0. The summed E-state index contributed by atoms with van der Waals surface area (Å²) < 4.78 is 5.80. The molecule has 1 aliphatic carbocycles. The van der Waals surface area contributed by atoms with Crippen molar-refractivity contribution in [1.82, 2.24) is 20.3 Å². The Labute approximate surface area is 195 Å². The van der Waals surface area contributed by atoms with Gasteiger partial charge in [0.2, 0.25) is 12.3 Å². The lowest BCUT2D eigenvalue weighted by atomic mass is 9.85. The van der Waals surface area contributed by atoms with E-state index in [1.54, 1.807) is 6.20 Å². The van der Waals surface area contributed by atoms with Crippen LogP contribution in [0.5, 0.6) is 5.75 Å². The van der Waals surface area contributed by atoms with Crippen LogP contribution in [-0.4, -0.2) is 39.1 Å². The highest BCUT2D eigenvalue weighted by Gasteiger charge is 2.34. The SMILES string of the molecule is CC(C)(C)[C@H](NC(=O)[C@H](CC1CCCC1)CN(O)C=O)c1ncc(COc2ccccc2)[nH]1. The number of nitrogens with zero attached hydrogens (tertiary/aromatic N) is 2. The summed E-state index contributed by atoms with van der Waals surface area (Å²) >= 11 is 0. The second-order valence-electron chi connectivity index (χ2n) is 10.0. The number of hydrogen-bond acceptors (Lipinski definition) is 5. The summed E-state index contributed by atoms with van der Waals surface area (Å²) in [6, 6.07) is 9.18. The van der Waals surface area contributed by atoms with Gasteiger partial charge in [-0.1, -0.05) is 64.7 Å². The van der Waals surface area contributed by atoms with Gasteiger partial charge in [-0.15, -0.1) is 0 Å². The number of aromatic nitrogens is 2. The average Bonchev–Trinajstić information content (AvgIpc) is 3.47. The Balaban J connectivity index is 1.70. The van der Waals surface area contributed by atoms with E-state index in [-0.39, 0.29) is 23.9 Å². The Morgan fingerprint density at radius 1 is 1.30 bits per heavy atom. The van der Waals surface area contributed by atoms with Crippen LogP contribution in [0, 0.1) is 17.3 Å². The Hall–Kier alpha value is -2.87. The summed E-state index contributed by atoms with van der Waals surface area (Å²) in [5.74, 6) is 1.20. The van der Waals surface area contributed by atoms with E-state index in [4.69, 9.17) is 4.74 Å². The van der Waals surface area contributed by atoms with Crippen molar-refractivity contribution in [3.8, 4) is 5.75 Å². The van der Waals surface area contributed by atoms with Crippen LogP contribution >= 0.6 is 0 Å². The van der Waals surface area contributed by atoms with E-state index in [2.05, 4.69) is 15.3 Å². The lowest BCUT2D eigenvalue weighted by Crippen LogP contribution is -2.43. The standard InChI is InChI=1S/C25H36N4O4/c1-25(2,3)22(23-26-14-20(27-23)16-33-21-11-5-4-6-12-21)28-24(31)19(15-29(32)17-30)13-18-9-7-8-10-18/h4-6,11-12,14,17-19,22,32H,7-10,13,15-16H2,1-3H3,(H,26,27)(H,28,31)/t19-,22-/m1/s1. The van der Waals surface area contributed by atoms with Crippen LogP contribution in [0.4, 0.5) is 0 Å². The molecule has 180 valence electrons. The number of carbonyl (C=O) groups excluding carboxylic acids is 2. The van der Waals surface area contributed by atoms with Gasteiger partial charge in [0, 0.05) is 0 Å². The molecule has 1 fully saturated rings. The van der Waals surface area contributed by atoms with Crippen LogP contribution in [0.2, 0.25) is 0 Å². The predicted octanol–water partition coefficient (Wildman–Crippen LogP) is 4.24. The molecular weight excluding hydrogens is 420 g/mol. The molecule has 8 nitrogen and oxygen atoms in total. The Bertz CT molecular complexity index is 887. The molecule has 0 aliphatic heterocycles. The van der Waals surface area contributed by atoms with E-state index < -0.39 is 5.92 Å². The fourth-order valence-electron chi connectivity index (χ4n) is 4.41. The third-order valence-electron chi connectivity index (χ3n) is 6.20. The van der Waals surface area contributed by atoms with Gasteiger partial charge in [-0.25, -0.2) is 10.0 Å². The third-order valence-corrected chi connectivity index (χ3v) is 6.20. The van der Waals surface area contributed by atoms with Gasteiger partial charge in [0.15, 0.2) is 0 Å². The van der Waals surface area contributed by atoms with Gasteiger partial charge >= 0.3 is 0 Å². The van der Waals surface area contributed by atoms with Gasteiger partial charge in [-0.05, 0) is 29.9 Å². The van der Waals surface area contributed by atoms with Gasteiger partial charge in [0.05, 0.1) is 30.4 Å². The zero-order chi connectivity index (χ0) is 23.8. The van der Waals surface area contributed by atoms with Crippen LogP contribution in [0.25, 0.3) is 0 Å². The van der Waals surface area contributed by atoms with E-state index in [1.807, 2.05) is 51.1 Å². The number of benzene rings is 1. The summed E-state index contributed by atoms with van der Waals surface area (Å²) in [6.07, 6.45) is 7.23. The number of aromatic amines is 1. The van der Waals surface area contributed by atoms with Crippen LogP contribution in [-0.2, 0) is 16.2 Å². The number of nitrogens with one attached hydrogen (secondary N) is 2. The van der Waals surface area contributed by atoms with E-state index in [0.717, 1.165) is 24.3 Å². The topological polar surface area (TPSA) is 108 Å². The lowest BCUT2D eigenvalue weighted by Gasteiger charge is -2.32. The molecule has 33 heavy (non-hydrogen) atoms. The van der Waals surface area contributed by atoms with Crippen LogP contribution in [0.15, 0.2) is 36.5 Å². The number of hydrogen-bond donors (Lipinski definition) is 3. The number of hydroxylamine groups is 2. The maximum absolute atomic E-state index is 13.3. The van der Waals surface area contributed by atoms with Crippen LogP contribution < -0.4 is 10.1 Å². The van der Waals surface area contributed by atoms with Gasteiger partial charge in [0.1, 0.15) is 18.2 Å². The number of carbonyl (C=O) groups is 2. The molecular formula is C25H36N4O4. The first-order valence-electron chi connectivity index (χ1n) is 11.7. The number of amides is 2. The molecule has 3 N–H and O–H groups in total. The minimum absolute atomic E-state index is 0.0168. The molecule has 1 aromatic heterocycles. The van der Waals surface area contributed by atoms with Crippen LogP contribution in [0.3, 0.4) is 0 Å². The van der Waals surface area contributed by atoms with E-state index in [9.17, 15) is 14.8 Å². The number of para-hydroxylation sites is 1. The van der Waals surface area contributed by atoms with Crippen molar-refractivity contribution < 1.29 is 19.5 Å². The number of imidazole rings is 1. The summed E-state index contributed by atoms with van der Waals surface area (Å²) in [6.45, 7) is 6.44. The third kappa shape index (κ3) is 7.32. The molecule has 1 aromatic carbocycles. The van der Waals surface area contributed by atoms with Crippen molar-refractivity contribution in [3.05, 3.63) is 48.0 Å². The highest BCUT2D eigenvalue weighted by Crippen LogP contribution is 2.34. The first kappa shape index (κ1) is 24.8. The van der Waals surface area contributed by atoms with Crippen molar-refractivity contribution in [3.63, 3.8) is 0 Å². The van der Waals surface area contributed by atoms with Crippen molar-refractivity contribution in [2.75, 3.05) is 6.54 Å². The molecule has 1 heterocycles. The fourth-order valence-corrected chi connectivity index (χ4v) is 4.41. The maximum atomic E-state index is 13.3. The average molecular weight is 457 g/mol. The molecule has 2 amide bonds. The summed E-state index contributed by atoms with van der Waals surface area (Å²) in [5, 5.41) is 13.5. The Kier molecular flexibility index (Phi) is 8.49. The summed E-state index contributed by atoms with van der Waals surface area (Å²) in [7, 11) is 0. The zero-order valence-corrected chi connectivity index (χ0v) is 19.8. The molecule has 0 unspecified atom stereocenters. The van der Waals surface area contributed by atoms with Gasteiger partial charge in [0.25, 0.3) is 0 Å². The quantitative estimate of drug-likeness (QED) is 0.266. The van der Waals surface area contributed by atoms with Gasteiger partial charge < -0.3 is 15.0 Å². The van der Waals surface area contributed by atoms with E-state index >= 15 is 0 Å². The molecule has 0 saturated heterocycles.